The summed E-state index contributed by atoms with van der Waals surface area (Å²) < 4.78 is 11.0. The Morgan fingerprint density at radius 2 is 1.06 bits per heavy atom. The predicted octanol–water partition coefficient (Wildman–Crippen LogP) is 5.57. The van der Waals surface area contributed by atoms with Gasteiger partial charge in [-0.2, -0.15) is 0 Å². The molecule has 166 valence electrons. The van der Waals surface area contributed by atoms with Crippen molar-refractivity contribution in [1.29, 1.82) is 0 Å². The van der Waals surface area contributed by atoms with E-state index in [-0.39, 0.29) is 0 Å². The second kappa shape index (κ2) is 11.5. The molecule has 0 bridgehead atoms. The second-order valence-corrected chi connectivity index (χ2v) is 20.1. The van der Waals surface area contributed by atoms with E-state index in [2.05, 4.69) is 135 Å². The van der Waals surface area contributed by atoms with E-state index in [1.165, 1.54) is 16.3 Å². The van der Waals surface area contributed by atoms with Crippen LogP contribution >= 0.6 is 0 Å². The molecule has 2 atom stereocenters. The number of hydrogen-bond acceptors (Lipinski definition) is 1. The zero-order valence-electron chi connectivity index (χ0n) is 19.3. The number of hydrogen-bond donors (Lipinski definition) is 0. The van der Waals surface area contributed by atoms with Gasteiger partial charge in [-0.05, 0) is 0 Å². The van der Waals surface area contributed by atoms with Gasteiger partial charge in [-0.15, -0.1) is 0 Å². The van der Waals surface area contributed by atoms with Crippen molar-refractivity contribution in [3.63, 3.8) is 0 Å². The van der Waals surface area contributed by atoms with E-state index in [0.29, 0.717) is 23.1 Å². The van der Waals surface area contributed by atoms with Crippen molar-refractivity contribution in [2.45, 2.75) is 17.5 Å². The van der Waals surface area contributed by atoms with E-state index in [9.17, 15) is 0 Å². The average Bonchev–Trinajstić information content (AvgIpc) is 2.89. The third-order valence-electron chi connectivity index (χ3n) is 6.55. The Balaban J connectivity index is 1.78. The van der Waals surface area contributed by atoms with Crippen LogP contribution in [0.15, 0.2) is 134 Å². The summed E-state index contributed by atoms with van der Waals surface area (Å²) in [4.78, 5) is 0. The molecule has 0 spiro atoms. The van der Waals surface area contributed by atoms with Crippen LogP contribution in [0.1, 0.15) is 12.5 Å². The molecule has 2 heteroatoms. The van der Waals surface area contributed by atoms with Gasteiger partial charge in [0.15, 0.2) is 0 Å². The summed E-state index contributed by atoms with van der Waals surface area (Å²) in [6.07, 6.45) is 2.22. The number of allylic oxidation sites excluding steroid dienone is 1. The summed E-state index contributed by atoms with van der Waals surface area (Å²) in [5.74, 6) is 0.336. The van der Waals surface area contributed by atoms with Crippen LogP contribution in [0.2, 0.25) is 3.93 Å². The van der Waals surface area contributed by atoms with Gasteiger partial charge in [0.1, 0.15) is 0 Å². The minimum absolute atomic E-state index is 0.335. The van der Waals surface area contributed by atoms with Gasteiger partial charge in [0.25, 0.3) is 0 Å². The Morgan fingerprint density at radius 3 is 1.45 bits per heavy atom. The van der Waals surface area contributed by atoms with E-state index < -0.39 is 18.4 Å². The average molecular weight is 539 g/mol. The molecular formula is C31H32OSn. The Hall–Kier alpha value is -2.62. The van der Waals surface area contributed by atoms with Gasteiger partial charge >= 0.3 is 203 Å². The van der Waals surface area contributed by atoms with Gasteiger partial charge < -0.3 is 0 Å². The van der Waals surface area contributed by atoms with Crippen molar-refractivity contribution in [3.8, 4) is 0 Å². The van der Waals surface area contributed by atoms with Crippen molar-refractivity contribution >= 4 is 29.1 Å². The molecule has 0 N–H and O–H groups in total. The van der Waals surface area contributed by atoms with Gasteiger partial charge in [-0.25, -0.2) is 0 Å². The molecule has 4 aromatic rings. The molecule has 0 heterocycles. The molecule has 0 aliphatic rings. The van der Waals surface area contributed by atoms with E-state index >= 15 is 0 Å². The third kappa shape index (κ3) is 5.15. The van der Waals surface area contributed by atoms with Crippen molar-refractivity contribution in [1.82, 2.24) is 0 Å². The molecule has 0 aromatic heterocycles. The predicted molar refractivity (Wildman–Crippen MR) is 143 cm³/mol. The first-order valence-electron chi connectivity index (χ1n) is 11.7. The first kappa shape index (κ1) is 23.5. The standard InChI is InChI=1S/C13H17O.3C6H5.Sn/c1-3-7-12(2)10-14-11-13-8-5-4-6-9-13;3*1-2-4-6-5-3-1;/h3-9,12H,1,10-11H2,2H3;3*1-5H;/t12-;;;;/m1..../s1. The molecule has 0 fully saturated rings. The number of rotatable bonds is 10. The van der Waals surface area contributed by atoms with Crippen molar-refractivity contribution in [2.75, 3.05) is 6.61 Å². The zero-order chi connectivity index (χ0) is 22.9. The number of ether oxygens (including phenoxy) is 1. The van der Waals surface area contributed by atoms with Crippen LogP contribution in [0.4, 0.5) is 0 Å². The molecule has 33 heavy (non-hydrogen) atoms. The normalized spacial score (nSPS) is 13.2. The second-order valence-electron chi connectivity index (χ2n) is 8.65. The molecule has 0 saturated carbocycles. The Bertz CT molecular complexity index is 1010. The minimum atomic E-state index is -3.50. The summed E-state index contributed by atoms with van der Waals surface area (Å²) in [5, 5.41) is 0. The van der Waals surface area contributed by atoms with E-state index in [1.54, 1.807) is 0 Å². The molecule has 4 aromatic carbocycles. The van der Waals surface area contributed by atoms with Crippen LogP contribution in [-0.2, 0) is 11.3 Å². The number of benzene rings is 4. The quantitative estimate of drug-likeness (QED) is 0.189. The Kier molecular flexibility index (Phi) is 8.19. The van der Waals surface area contributed by atoms with Gasteiger partial charge in [0, 0.05) is 0 Å². The molecule has 0 radical (unpaired) electrons. The van der Waals surface area contributed by atoms with E-state index in [4.69, 9.17) is 4.74 Å². The third-order valence-corrected chi connectivity index (χ3v) is 22.3. The van der Waals surface area contributed by atoms with Crippen LogP contribution in [0.25, 0.3) is 0 Å². The van der Waals surface area contributed by atoms with Crippen LogP contribution < -0.4 is 10.7 Å². The fourth-order valence-corrected chi connectivity index (χ4v) is 21.1. The molecule has 4 rings (SSSR count). The SMILES string of the molecule is C=C[C@@H]([C@@H](C)COCc1ccccc1)[Sn]([c]1ccccc1)([c]1ccccc1)[c]1ccccc1. The van der Waals surface area contributed by atoms with E-state index in [1.807, 2.05) is 6.07 Å². The van der Waals surface area contributed by atoms with Gasteiger partial charge in [0.2, 0.25) is 0 Å². The van der Waals surface area contributed by atoms with Crippen molar-refractivity contribution < 1.29 is 4.74 Å². The fraction of sp³-hybridized carbons (Fsp3) is 0.161. The molecule has 0 aliphatic heterocycles. The maximum absolute atomic E-state index is 6.25. The van der Waals surface area contributed by atoms with Gasteiger partial charge in [-0.1, -0.05) is 0 Å². The summed E-state index contributed by atoms with van der Waals surface area (Å²) in [6, 6.07) is 43.9. The molecule has 0 unspecified atom stereocenters. The first-order chi connectivity index (χ1) is 16.3. The molecule has 1 nitrogen and oxygen atoms in total. The van der Waals surface area contributed by atoms with Crippen LogP contribution in [0, 0.1) is 5.92 Å². The summed E-state index contributed by atoms with van der Waals surface area (Å²) in [7, 11) is 0. The van der Waals surface area contributed by atoms with Gasteiger partial charge in [0.05, 0.1) is 0 Å². The fourth-order valence-electron chi connectivity index (χ4n) is 5.06. The van der Waals surface area contributed by atoms with Crippen molar-refractivity contribution in [2.24, 2.45) is 5.92 Å². The van der Waals surface area contributed by atoms with E-state index in [0.717, 1.165) is 0 Å². The van der Waals surface area contributed by atoms with Crippen LogP contribution in [0.3, 0.4) is 0 Å². The summed E-state index contributed by atoms with van der Waals surface area (Å²) >= 11 is -3.50. The Labute approximate surface area is 202 Å². The van der Waals surface area contributed by atoms with Gasteiger partial charge in [-0.3, -0.25) is 0 Å². The summed E-state index contributed by atoms with van der Waals surface area (Å²) in [6.45, 7) is 8.06. The zero-order valence-corrected chi connectivity index (χ0v) is 22.2. The summed E-state index contributed by atoms with van der Waals surface area (Å²) in [5.41, 5.74) is 1.21. The van der Waals surface area contributed by atoms with Crippen LogP contribution in [-0.4, -0.2) is 25.0 Å². The van der Waals surface area contributed by atoms with Crippen LogP contribution in [0.5, 0.6) is 0 Å². The Morgan fingerprint density at radius 1 is 0.667 bits per heavy atom. The first-order valence-corrected chi connectivity index (χ1v) is 17.6. The molecule has 0 aliphatic carbocycles. The molecule has 0 saturated heterocycles. The monoisotopic (exact) mass is 540 g/mol. The topological polar surface area (TPSA) is 9.23 Å². The molecule has 0 amide bonds. The maximum atomic E-state index is 6.25. The molecular weight excluding hydrogens is 507 g/mol. The van der Waals surface area contributed by atoms with Crippen molar-refractivity contribution in [3.05, 3.63) is 140 Å².